The van der Waals surface area contributed by atoms with Crippen molar-refractivity contribution in [2.24, 2.45) is 16.9 Å². The molecular formula is C16H35N3O6. The van der Waals surface area contributed by atoms with Crippen molar-refractivity contribution in [2.75, 3.05) is 26.3 Å². The number of carbonyl (C=O) groups is 2. The van der Waals surface area contributed by atoms with E-state index in [4.69, 9.17) is 26.8 Å². The summed E-state index contributed by atoms with van der Waals surface area (Å²) in [5, 5.41) is 37.4. The van der Waals surface area contributed by atoms with Gasteiger partial charge in [0.05, 0.1) is 13.0 Å². The van der Waals surface area contributed by atoms with Gasteiger partial charge in [-0.15, -0.1) is 0 Å². The minimum absolute atomic E-state index is 0.0350. The van der Waals surface area contributed by atoms with Crippen molar-refractivity contribution in [3.8, 4) is 0 Å². The van der Waals surface area contributed by atoms with E-state index in [9.17, 15) is 14.7 Å². The smallest absolute Gasteiger partial charge is 0.305 e. The second-order valence-electron chi connectivity index (χ2n) is 6.54. The summed E-state index contributed by atoms with van der Waals surface area (Å²) >= 11 is 0. The molecule has 25 heavy (non-hydrogen) atoms. The molecule has 1 amide bonds. The Morgan fingerprint density at radius 2 is 1.72 bits per heavy atom. The van der Waals surface area contributed by atoms with Crippen LogP contribution in [-0.2, 0) is 9.59 Å². The van der Waals surface area contributed by atoms with E-state index in [1.165, 1.54) is 13.8 Å². The second kappa shape index (κ2) is 15.0. The Balaban J connectivity index is 0. The molecule has 0 saturated heterocycles. The van der Waals surface area contributed by atoms with E-state index in [1.807, 2.05) is 0 Å². The first-order chi connectivity index (χ1) is 11.6. The zero-order valence-electron chi connectivity index (χ0n) is 15.3. The molecule has 2 unspecified atom stereocenters. The molecule has 2 atom stereocenters. The van der Waals surface area contributed by atoms with Crippen LogP contribution in [0.4, 0.5) is 0 Å². The molecule has 0 bridgehead atoms. The normalized spacial score (nSPS) is 13.4. The molecule has 0 aromatic heterocycles. The van der Waals surface area contributed by atoms with Gasteiger partial charge in [0.25, 0.3) is 0 Å². The summed E-state index contributed by atoms with van der Waals surface area (Å²) in [5.74, 6) is -1.69. The first-order valence-electron chi connectivity index (χ1n) is 8.47. The standard InChI is InChI=1S/C9H17NO5.C7H18N2O/c1-9(2,5-11)7(14)8(15)10-4-3-6(12)13;8-5-1-3-7(9)4-2-6-10/h7,11,14H,3-5H2,1-2H3,(H,10,15)(H,12,13);7,10H,1-6,8-9H2. The number of nitrogens with two attached hydrogens (primary N) is 2. The fourth-order valence-corrected chi connectivity index (χ4v) is 1.71. The molecule has 0 fully saturated rings. The van der Waals surface area contributed by atoms with E-state index >= 15 is 0 Å². The number of carboxylic acids is 1. The maximum Gasteiger partial charge on any atom is 0.305 e. The molecular weight excluding hydrogens is 330 g/mol. The fourth-order valence-electron chi connectivity index (χ4n) is 1.71. The maximum atomic E-state index is 11.3. The highest BCUT2D eigenvalue weighted by molar-refractivity contribution is 5.81. The quantitative estimate of drug-likeness (QED) is 0.225. The van der Waals surface area contributed by atoms with Gasteiger partial charge < -0.3 is 37.2 Å². The number of aliphatic carboxylic acids is 1. The predicted molar refractivity (Wildman–Crippen MR) is 94.7 cm³/mol. The fraction of sp³-hybridized carbons (Fsp3) is 0.875. The van der Waals surface area contributed by atoms with E-state index < -0.39 is 23.4 Å². The van der Waals surface area contributed by atoms with Gasteiger partial charge in [0.1, 0.15) is 6.10 Å². The number of aliphatic hydroxyl groups is 3. The number of hydrogen-bond acceptors (Lipinski definition) is 7. The van der Waals surface area contributed by atoms with E-state index in [1.54, 1.807) is 0 Å². The molecule has 0 aliphatic heterocycles. The van der Waals surface area contributed by atoms with Crippen molar-refractivity contribution in [3.63, 3.8) is 0 Å². The SMILES string of the molecule is CC(C)(CO)C(O)C(=O)NCCC(=O)O.NCCCC(N)CCCO. The van der Waals surface area contributed by atoms with Crippen LogP contribution in [0, 0.1) is 5.41 Å². The lowest BCUT2D eigenvalue weighted by Gasteiger charge is -2.26. The zero-order valence-corrected chi connectivity index (χ0v) is 15.3. The van der Waals surface area contributed by atoms with Crippen LogP contribution in [0.15, 0.2) is 0 Å². The minimum Gasteiger partial charge on any atom is -0.481 e. The van der Waals surface area contributed by atoms with Gasteiger partial charge in [-0.2, -0.15) is 0 Å². The number of aliphatic hydroxyl groups excluding tert-OH is 3. The molecule has 0 spiro atoms. The summed E-state index contributed by atoms with van der Waals surface area (Å²) in [6.07, 6.45) is 2.15. The van der Waals surface area contributed by atoms with Gasteiger partial charge in [-0.3, -0.25) is 9.59 Å². The number of rotatable bonds is 12. The van der Waals surface area contributed by atoms with Crippen LogP contribution >= 0.6 is 0 Å². The molecule has 0 aliphatic rings. The third-order valence-corrected chi connectivity index (χ3v) is 3.55. The lowest BCUT2D eigenvalue weighted by atomic mass is 9.87. The Bertz CT molecular complexity index is 358. The predicted octanol–water partition coefficient (Wildman–Crippen LogP) is -1.22. The molecule has 9 nitrogen and oxygen atoms in total. The summed E-state index contributed by atoms with van der Waals surface area (Å²) < 4.78 is 0. The Hall–Kier alpha value is -1.26. The molecule has 150 valence electrons. The van der Waals surface area contributed by atoms with E-state index in [0.717, 1.165) is 25.7 Å². The molecule has 0 rings (SSSR count). The maximum absolute atomic E-state index is 11.3. The Morgan fingerprint density at radius 3 is 2.16 bits per heavy atom. The topological polar surface area (TPSA) is 179 Å². The van der Waals surface area contributed by atoms with Crippen LogP contribution in [0.25, 0.3) is 0 Å². The Kier molecular flexibility index (Phi) is 15.6. The van der Waals surface area contributed by atoms with Crippen molar-refractivity contribution in [1.29, 1.82) is 0 Å². The van der Waals surface area contributed by atoms with Gasteiger partial charge in [-0.05, 0) is 32.2 Å². The minimum atomic E-state index is -1.35. The van der Waals surface area contributed by atoms with Crippen LogP contribution < -0.4 is 16.8 Å². The average molecular weight is 365 g/mol. The molecule has 0 heterocycles. The lowest BCUT2D eigenvalue weighted by Crippen LogP contribution is -2.45. The van der Waals surface area contributed by atoms with Crippen LogP contribution in [-0.4, -0.2) is 70.8 Å². The van der Waals surface area contributed by atoms with Crippen molar-refractivity contribution >= 4 is 11.9 Å². The van der Waals surface area contributed by atoms with Crippen molar-refractivity contribution < 1.29 is 30.0 Å². The van der Waals surface area contributed by atoms with Crippen LogP contribution in [0.5, 0.6) is 0 Å². The number of nitrogens with one attached hydrogen (secondary N) is 1. The van der Waals surface area contributed by atoms with Crippen molar-refractivity contribution in [1.82, 2.24) is 5.32 Å². The molecule has 0 saturated carbocycles. The molecule has 0 aromatic carbocycles. The van der Waals surface area contributed by atoms with Gasteiger partial charge in [-0.1, -0.05) is 13.8 Å². The van der Waals surface area contributed by atoms with Crippen LogP contribution in [0.2, 0.25) is 0 Å². The third kappa shape index (κ3) is 14.8. The second-order valence-corrected chi connectivity index (χ2v) is 6.54. The van der Waals surface area contributed by atoms with Gasteiger partial charge in [0.2, 0.25) is 5.91 Å². The first kappa shape index (κ1) is 26.0. The van der Waals surface area contributed by atoms with Gasteiger partial charge in [-0.25, -0.2) is 0 Å². The highest BCUT2D eigenvalue weighted by Crippen LogP contribution is 2.19. The monoisotopic (exact) mass is 365 g/mol. The van der Waals surface area contributed by atoms with Crippen LogP contribution in [0.3, 0.4) is 0 Å². The van der Waals surface area contributed by atoms with Crippen LogP contribution in [0.1, 0.15) is 46.0 Å². The number of carbonyl (C=O) groups excluding carboxylic acids is 1. The van der Waals surface area contributed by atoms with Crippen molar-refractivity contribution in [3.05, 3.63) is 0 Å². The highest BCUT2D eigenvalue weighted by Gasteiger charge is 2.32. The molecule has 0 aromatic rings. The van der Waals surface area contributed by atoms with Gasteiger partial charge in [0.15, 0.2) is 0 Å². The third-order valence-electron chi connectivity index (χ3n) is 3.55. The molecule has 0 aliphatic carbocycles. The summed E-state index contributed by atoms with van der Waals surface area (Å²) in [4.78, 5) is 21.4. The largest absolute Gasteiger partial charge is 0.481 e. The summed E-state index contributed by atoms with van der Waals surface area (Å²) in [7, 11) is 0. The molecule has 9 N–H and O–H groups in total. The first-order valence-corrected chi connectivity index (χ1v) is 8.47. The Labute approximate surface area is 149 Å². The number of hydrogen-bond donors (Lipinski definition) is 7. The molecule has 0 radical (unpaired) electrons. The number of amides is 1. The Morgan fingerprint density at radius 1 is 1.16 bits per heavy atom. The zero-order chi connectivity index (χ0) is 19.9. The summed E-state index contributed by atoms with van der Waals surface area (Å²) in [6, 6.07) is 0.232. The van der Waals surface area contributed by atoms with Gasteiger partial charge in [0, 0.05) is 24.6 Å². The molecule has 9 heteroatoms. The summed E-state index contributed by atoms with van der Waals surface area (Å²) in [6.45, 7) is 3.67. The highest BCUT2D eigenvalue weighted by atomic mass is 16.4. The summed E-state index contributed by atoms with van der Waals surface area (Å²) in [5.41, 5.74) is 10.0. The number of carboxylic acid groups (broad SMARTS) is 1. The van der Waals surface area contributed by atoms with E-state index in [-0.39, 0.29) is 32.2 Å². The van der Waals surface area contributed by atoms with E-state index in [0.29, 0.717) is 6.54 Å². The average Bonchev–Trinajstić information content (AvgIpc) is 2.57. The van der Waals surface area contributed by atoms with E-state index in [2.05, 4.69) is 5.32 Å². The van der Waals surface area contributed by atoms with Gasteiger partial charge >= 0.3 is 5.97 Å². The van der Waals surface area contributed by atoms with Crippen molar-refractivity contribution in [2.45, 2.75) is 58.1 Å². The lowest BCUT2D eigenvalue weighted by molar-refractivity contribution is -0.138.